The van der Waals surface area contributed by atoms with Crippen molar-refractivity contribution in [2.45, 2.75) is 39.0 Å². The Hall–Kier alpha value is -1.59. The van der Waals surface area contributed by atoms with Gasteiger partial charge >= 0.3 is 0 Å². The first-order valence-electron chi connectivity index (χ1n) is 9.03. The van der Waals surface area contributed by atoms with Crippen molar-refractivity contribution < 1.29 is 9.59 Å². The lowest BCUT2D eigenvalue weighted by Crippen LogP contribution is -2.34. The first kappa shape index (κ1) is 19.7. The van der Waals surface area contributed by atoms with Gasteiger partial charge in [0.2, 0.25) is 11.8 Å². The molecule has 5 nitrogen and oxygen atoms in total. The van der Waals surface area contributed by atoms with Crippen molar-refractivity contribution in [3.63, 3.8) is 0 Å². The van der Waals surface area contributed by atoms with E-state index in [-0.39, 0.29) is 30.1 Å². The molecule has 138 valence electrons. The van der Waals surface area contributed by atoms with Crippen LogP contribution in [0.1, 0.15) is 39.0 Å². The summed E-state index contributed by atoms with van der Waals surface area (Å²) in [7, 11) is 0. The molecule has 1 saturated heterocycles. The predicted molar refractivity (Wildman–Crippen MR) is 103 cm³/mol. The number of hydrogen-bond donors (Lipinski definition) is 3. The molecule has 1 aromatic rings. The van der Waals surface area contributed by atoms with Crippen molar-refractivity contribution in [2.75, 3.05) is 23.7 Å². The maximum absolute atomic E-state index is 12.3. The van der Waals surface area contributed by atoms with Crippen LogP contribution >= 0.6 is 12.4 Å². The summed E-state index contributed by atoms with van der Waals surface area (Å²) in [6.07, 6.45) is 4.89. The van der Waals surface area contributed by atoms with E-state index < -0.39 is 0 Å². The number of carbonyl (C=O) groups excluding carboxylic acids is 2. The lowest BCUT2D eigenvalue weighted by Gasteiger charge is -2.28. The lowest BCUT2D eigenvalue weighted by atomic mass is 9.85. The van der Waals surface area contributed by atoms with Gasteiger partial charge in [-0.15, -0.1) is 12.4 Å². The number of carbonyl (C=O) groups is 2. The molecule has 2 unspecified atom stereocenters. The molecule has 6 heteroatoms. The fraction of sp³-hybridized carbons (Fsp3) is 0.579. The standard InChI is InChI=1S/C19H27N3O2.ClH/c1-13(15-4-3-9-20-12-15)10-18(23)21-16-5-2-6-17(11-16)22-19(24)14-7-8-14;/h2,5-6,11,13-15,20H,3-4,7-10,12H2,1H3,(H,21,23)(H,22,24);1H. The molecule has 3 N–H and O–H groups in total. The molecule has 2 fully saturated rings. The molecule has 2 amide bonds. The zero-order valence-electron chi connectivity index (χ0n) is 14.7. The lowest BCUT2D eigenvalue weighted by molar-refractivity contribution is -0.118. The fourth-order valence-corrected chi connectivity index (χ4v) is 3.30. The molecule has 3 rings (SSSR count). The van der Waals surface area contributed by atoms with Gasteiger partial charge in [-0.1, -0.05) is 13.0 Å². The van der Waals surface area contributed by atoms with E-state index in [0.717, 1.165) is 37.3 Å². The third-order valence-electron chi connectivity index (χ3n) is 5.01. The molecule has 1 aliphatic heterocycles. The summed E-state index contributed by atoms with van der Waals surface area (Å²) in [4.78, 5) is 24.1. The van der Waals surface area contributed by atoms with Gasteiger partial charge in [0.25, 0.3) is 0 Å². The van der Waals surface area contributed by atoms with Crippen LogP contribution in [0.5, 0.6) is 0 Å². The Balaban J connectivity index is 0.00000225. The third-order valence-corrected chi connectivity index (χ3v) is 5.01. The van der Waals surface area contributed by atoms with Gasteiger partial charge in [-0.3, -0.25) is 9.59 Å². The highest BCUT2D eigenvalue weighted by molar-refractivity contribution is 5.96. The predicted octanol–water partition coefficient (Wildman–Crippen LogP) is 3.42. The highest BCUT2D eigenvalue weighted by atomic mass is 35.5. The highest BCUT2D eigenvalue weighted by Gasteiger charge is 2.29. The Labute approximate surface area is 155 Å². The summed E-state index contributed by atoms with van der Waals surface area (Å²) in [5.41, 5.74) is 1.48. The number of anilines is 2. The molecule has 0 radical (unpaired) electrons. The zero-order valence-corrected chi connectivity index (χ0v) is 15.5. The summed E-state index contributed by atoms with van der Waals surface area (Å²) in [6.45, 7) is 4.26. The van der Waals surface area contributed by atoms with E-state index in [4.69, 9.17) is 0 Å². The van der Waals surface area contributed by atoms with Gasteiger partial charge in [-0.2, -0.15) is 0 Å². The second-order valence-corrected chi connectivity index (χ2v) is 7.18. The van der Waals surface area contributed by atoms with E-state index >= 15 is 0 Å². The van der Waals surface area contributed by atoms with Crippen LogP contribution in [0.4, 0.5) is 11.4 Å². The number of rotatable bonds is 6. The van der Waals surface area contributed by atoms with Gasteiger partial charge in [-0.05, 0) is 68.8 Å². The van der Waals surface area contributed by atoms with Gasteiger partial charge in [0.1, 0.15) is 0 Å². The highest BCUT2D eigenvalue weighted by Crippen LogP contribution is 2.30. The van der Waals surface area contributed by atoms with Crippen molar-refractivity contribution in [1.29, 1.82) is 0 Å². The molecule has 2 aliphatic rings. The Bertz CT molecular complexity index is 598. The summed E-state index contributed by atoms with van der Waals surface area (Å²) < 4.78 is 0. The number of nitrogens with one attached hydrogen (secondary N) is 3. The van der Waals surface area contributed by atoms with E-state index in [1.807, 2.05) is 24.3 Å². The molecule has 1 aliphatic carbocycles. The molecular formula is C19H28ClN3O2. The number of hydrogen-bond acceptors (Lipinski definition) is 3. The van der Waals surface area contributed by atoms with Crippen molar-refractivity contribution in [2.24, 2.45) is 17.8 Å². The Morgan fingerprint density at radius 1 is 1.20 bits per heavy atom. The molecule has 0 spiro atoms. The third kappa shape index (κ3) is 6.01. The summed E-state index contributed by atoms with van der Waals surface area (Å²) in [5, 5.41) is 9.28. The number of benzene rings is 1. The summed E-state index contributed by atoms with van der Waals surface area (Å²) in [6, 6.07) is 7.39. The SMILES string of the molecule is CC(CC(=O)Nc1cccc(NC(=O)C2CC2)c1)C1CCCNC1.Cl. The topological polar surface area (TPSA) is 70.2 Å². The molecular weight excluding hydrogens is 338 g/mol. The van der Waals surface area contributed by atoms with Crippen molar-refractivity contribution in [3.8, 4) is 0 Å². The minimum atomic E-state index is 0. The van der Waals surface area contributed by atoms with Crippen LogP contribution < -0.4 is 16.0 Å². The molecule has 25 heavy (non-hydrogen) atoms. The van der Waals surface area contributed by atoms with Crippen LogP contribution in [0.3, 0.4) is 0 Å². The van der Waals surface area contributed by atoms with Gasteiger partial charge in [0.05, 0.1) is 0 Å². The molecule has 1 heterocycles. The minimum Gasteiger partial charge on any atom is -0.326 e. The average molecular weight is 366 g/mol. The van der Waals surface area contributed by atoms with Crippen molar-refractivity contribution >= 4 is 35.6 Å². The molecule has 0 aromatic heterocycles. The van der Waals surface area contributed by atoms with Crippen LogP contribution in [0.15, 0.2) is 24.3 Å². The van der Waals surface area contributed by atoms with E-state index in [2.05, 4.69) is 22.9 Å². The second kappa shape index (κ2) is 9.20. The summed E-state index contributed by atoms with van der Waals surface area (Å²) >= 11 is 0. The quantitative estimate of drug-likeness (QED) is 0.723. The Kier molecular flexibility index (Phi) is 7.26. The first-order valence-corrected chi connectivity index (χ1v) is 9.03. The molecule has 0 bridgehead atoms. The van der Waals surface area contributed by atoms with E-state index in [9.17, 15) is 9.59 Å². The number of halogens is 1. The molecule has 1 saturated carbocycles. The summed E-state index contributed by atoms with van der Waals surface area (Å²) in [5.74, 6) is 1.24. The second-order valence-electron chi connectivity index (χ2n) is 7.18. The largest absolute Gasteiger partial charge is 0.326 e. The van der Waals surface area contributed by atoms with Crippen LogP contribution in [0.2, 0.25) is 0 Å². The van der Waals surface area contributed by atoms with Gasteiger partial charge < -0.3 is 16.0 Å². The van der Waals surface area contributed by atoms with Crippen LogP contribution in [0.25, 0.3) is 0 Å². The van der Waals surface area contributed by atoms with E-state index in [0.29, 0.717) is 18.3 Å². The Morgan fingerprint density at radius 2 is 1.92 bits per heavy atom. The van der Waals surface area contributed by atoms with E-state index in [1.165, 1.54) is 12.8 Å². The fourth-order valence-electron chi connectivity index (χ4n) is 3.30. The first-order chi connectivity index (χ1) is 11.6. The smallest absolute Gasteiger partial charge is 0.227 e. The normalized spacial score (nSPS) is 20.9. The van der Waals surface area contributed by atoms with E-state index in [1.54, 1.807) is 0 Å². The van der Waals surface area contributed by atoms with Crippen LogP contribution in [-0.4, -0.2) is 24.9 Å². The van der Waals surface area contributed by atoms with Gasteiger partial charge in [-0.25, -0.2) is 0 Å². The minimum absolute atomic E-state index is 0. The monoisotopic (exact) mass is 365 g/mol. The van der Waals surface area contributed by atoms with Gasteiger partial charge in [0.15, 0.2) is 0 Å². The maximum Gasteiger partial charge on any atom is 0.227 e. The molecule has 2 atom stereocenters. The Morgan fingerprint density at radius 3 is 2.56 bits per heavy atom. The zero-order chi connectivity index (χ0) is 16.9. The van der Waals surface area contributed by atoms with Crippen molar-refractivity contribution in [1.82, 2.24) is 5.32 Å². The molecule has 1 aromatic carbocycles. The van der Waals surface area contributed by atoms with Crippen molar-refractivity contribution in [3.05, 3.63) is 24.3 Å². The van der Waals surface area contributed by atoms with Crippen LogP contribution in [0, 0.1) is 17.8 Å². The maximum atomic E-state index is 12.3. The van der Waals surface area contributed by atoms with Gasteiger partial charge in [0, 0.05) is 23.7 Å². The number of amides is 2. The number of piperidine rings is 1. The van der Waals surface area contributed by atoms with Crippen LogP contribution in [-0.2, 0) is 9.59 Å². The average Bonchev–Trinajstić information content (AvgIpc) is 3.41.